The van der Waals surface area contributed by atoms with Crippen LogP contribution in [0.1, 0.15) is 52.0 Å². The van der Waals surface area contributed by atoms with Gasteiger partial charge in [0.05, 0.1) is 17.8 Å². The molecule has 3 heterocycles. The lowest BCUT2D eigenvalue weighted by Crippen LogP contribution is -2.37. The number of hydrogen-bond donors (Lipinski definition) is 0. The summed E-state index contributed by atoms with van der Waals surface area (Å²) in [5.74, 6) is 2.13. The Bertz CT molecular complexity index is 1170. The SMILES string of the molecule is Cc1cccc(C(=O)N2CCc3nc(N4CCCCC4)nc(Oc4ccccc4C)c3C2)c1. The van der Waals surface area contributed by atoms with Crippen molar-refractivity contribution in [1.82, 2.24) is 14.9 Å². The standard InChI is InChI=1S/C27H30N4O2/c1-19-9-8-11-21(17-19)26(32)31-16-13-23-22(18-31)25(33-24-12-5-4-10-20(24)2)29-27(28-23)30-14-6-3-7-15-30/h4-5,8-12,17H,3,6-7,13-16,18H2,1-2H3. The number of rotatable bonds is 4. The maximum absolute atomic E-state index is 13.2. The van der Waals surface area contributed by atoms with Gasteiger partial charge in [-0.3, -0.25) is 4.79 Å². The largest absolute Gasteiger partial charge is 0.438 e. The number of nitrogens with zero attached hydrogens (tertiary/aromatic N) is 4. The number of aryl methyl sites for hydroxylation is 2. The minimum absolute atomic E-state index is 0.0336. The summed E-state index contributed by atoms with van der Waals surface area (Å²) in [5.41, 5.74) is 4.74. The molecule has 3 aromatic rings. The number of hydrogen-bond acceptors (Lipinski definition) is 5. The summed E-state index contributed by atoms with van der Waals surface area (Å²) in [5, 5.41) is 0. The topological polar surface area (TPSA) is 58.6 Å². The highest BCUT2D eigenvalue weighted by atomic mass is 16.5. The van der Waals surface area contributed by atoms with Gasteiger partial charge in [-0.2, -0.15) is 4.98 Å². The molecule has 2 aliphatic rings. The first-order valence-corrected chi connectivity index (χ1v) is 11.8. The minimum Gasteiger partial charge on any atom is -0.438 e. The Labute approximate surface area is 195 Å². The van der Waals surface area contributed by atoms with Crippen molar-refractivity contribution in [2.75, 3.05) is 24.5 Å². The molecule has 0 radical (unpaired) electrons. The van der Waals surface area contributed by atoms with Gasteiger partial charge in [-0.25, -0.2) is 4.98 Å². The number of anilines is 1. The average Bonchev–Trinajstić information content (AvgIpc) is 2.85. The summed E-state index contributed by atoms with van der Waals surface area (Å²) in [6, 6.07) is 15.7. The summed E-state index contributed by atoms with van der Waals surface area (Å²) >= 11 is 0. The highest BCUT2D eigenvalue weighted by Gasteiger charge is 2.28. The molecule has 1 fully saturated rings. The molecule has 0 unspecified atom stereocenters. The van der Waals surface area contributed by atoms with Gasteiger partial charge < -0.3 is 14.5 Å². The predicted octanol–water partition coefficient (Wildman–Crippen LogP) is 5.07. The third-order valence-electron chi connectivity index (χ3n) is 6.50. The van der Waals surface area contributed by atoms with Crippen molar-refractivity contribution in [3.05, 3.63) is 76.5 Å². The molecule has 2 aliphatic heterocycles. The van der Waals surface area contributed by atoms with Gasteiger partial charge in [-0.15, -0.1) is 0 Å². The third kappa shape index (κ3) is 4.56. The fraction of sp³-hybridized carbons (Fsp3) is 0.370. The van der Waals surface area contributed by atoms with Crippen LogP contribution in [-0.2, 0) is 13.0 Å². The first-order valence-electron chi connectivity index (χ1n) is 11.8. The number of amides is 1. The van der Waals surface area contributed by atoms with E-state index in [4.69, 9.17) is 14.7 Å². The fourth-order valence-electron chi connectivity index (χ4n) is 4.60. The molecule has 33 heavy (non-hydrogen) atoms. The molecule has 5 rings (SSSR count). The van der Waals surface area contributed by atoms with Crippen LogP contribution in [0.5, 0.6) is 11.6 Å². The Morgan fingerprint density at radius 3 is 2.55 bits per heavy atom. The highest BCUT2D eigenvalue weighted by Crippen LogP contribution is 2.33. The predicted molar refractivity (Wildman–Crippen MR) is 129 cm³/mol. The zero-order valence-electron chi connectivity index (χ0n) is 19.4. The maximum Gasteiger partial charge on any atom is 0.254 e. The van der Waals surface area contributed by atoms with Crippen LogP contribution in [0.25, 0.3) is 0 Å². The average molecular weight is 443 g/mol. The minimum atomic E-state index is 0.0336. The van der Waals surface area contributed by atoms with Gasteiger partial charge >= 0.3 is 0 Å². The smallest absolute Gasteiger partial charge is 0.254 e. The zero-order chi connectivity index (χ0) is 22.8. The Hall–Kier alpha value is -3.41. The molecule has 1 aromatic heterocycles. The van der Waals surface area contributed by atoms with E-state index in [-0.39, 0.29) is 5.91 Å². The van der Waals surface area contributed by atoms with Crippen molar-refractivity contribution in [2.24, 2.45) is 0 Å². The Kier molecular flexibility index (Phi) is 5.99. The summed E-state index contributed by atoms with van der Waals surface area (Å²) in [6.07, 6.45) is 4.27. The zero-order valence-corrected chi connectivity index (χ0v) is 19.4. The second-order valence-corrected chi connectivity index (χ2v) is 9.02. The van der Waals surface area contributed by atoms with Crippen LogP contribution in [-0.4, -0.2) is 40.4 Å². The molecule has 6 nitrogen and oxygen atoms in total. The Balaban J connectivity index is 1.50. The number of ether oxygens (including phenoxy) is 1. The number of carbonyl (C=O) groups is 1. The van der Waals surface area contributed by atoms with E-state index in [1.807, 2.05) is 67.3 Å². The lowest BCUT2D eigenvalue weighted by molar-refractivity contribution is 0.0732. The van der Waals surface area contributed by atoms with E-state index >= 15 is 0 Å². The number of fused-ring (bicyclic) bond motifs is 1. The van der Waals surface area contributed by atoms with Gasteiger partial charge in [-0.05, 0) is 56.9 Å². The van der Waals surface area contributed by atoms with Crippen molar-refractivity contribution < 1.29 is 9.53 Å². The maximum atomic E-state index is 13.2. The van der Waals surface area contributed by atoms with Crippen molar-refractivity contribution in [3.63, 3.8) is 0 Å². The Morgan fingerprint density at radius 2 is 1.76 bits per heavy atom. The summed E-state index contributed by atoms with van der Waals surface area (Å²) in [4.78, 5) is 27.2. The molecule has 170 valence electrons. The number of piperidine rings is 1. The number of benzene rings is 2. The van der Waals surface area contributed by atoms with Crippen LogP contribution in [0, 0.1) is 13.8 Å². The second kappa shape index (κ2) is 9.22. The van der Waals surface area contributed by atoms with E-state index < -0.39 is 0 Å². The molecule has 1 amide bonds. The van der Waals surface area contributed by atoms with Crippen LogP contribution in [0.2, 0.25) is 0 Å². The second-order valence-electron chi connectivity index (χ2n) is 9.02. The summed E-state index contributed by atoms with van der Waals surface area (Å²) in [6.45, 7) is 7.07. The quantitative estimate of drug-likeness (QED) is 0.564. The fourth-order valence-corrected chi connectivity index (χ4v) is 4.60. The van der Waals surface area contributed by atoms with Gasteiger partial charge in [-0.1, -0.05) is 35.9 Å². The first-order chi connectivity index (χ1) is 16.1. The van der Waals surface area contributed by atoms with Gasteiger partial charge in [0.15, 0.2) is 0 Å². The van der Waals surface area contributed by atoms with Gasteiger partial charge in [0, 0.05) is 31.6 Å². The molecular weight excluding hydrogens is 412 g/mol. The van der Waals surface area contributed by atoms with E-state index in [0.29, 0.717) is 31.0 Å². The summed E-state index contributed by atoms with van der Waals surface area (Å²) < 4.78 is 6.38. The first kappa shape index (κ1) is 21.4. The monoisotopic (exact) mass is 442 g/mol. The van der Waals surface area contributed by atoms with Crippen molar-refractivity contribution in [1.29, 1.82) is 0 Å². The van der Waals surface area contributed by atoms with Gasteiger partial charge in [0.2, 0.25) is 11.8 Å². The van der Waals surface area contributed by atoms with Crippen LogP contribution in [0.15, 0.2) is 48.5 Å². The molecule has 0 saturated carbocycles. The van der Waals surface area contributed by atoms with Crippen molar-refractivity contribution in [2.45, 2.75) is 46.1 Å². The van der Waals surface area contributed by atoms with Crippen LogP contribution in [0.4, 0.5) is 5.95 Å². The molecule has 0 aliphatic carbocycles. The highest BCUT2D eigenvalue weighted by molar-refractivity contribution is 5.94. The molecular formula is C27H30N4O2. The van der Waals surface area contributed by atoms with Crippen molar-refractivity contribution in [3.8, 4) is 11.6 Å². The molecule has 0 atom stereocenters. The van der Waals surface area contributed by atoms with E-state index in [1.165, 1.54) is 6.42 Å². The van der Waals surface area contributed by atoms with E-state index in [0.717, 1.165) is 60.0 Å². The normalized spacial score (nSPS) is 15.8. The lowest BCUT2D eigenvalue weighted by Gasteiger charge is -2.32. The third-order valence-corrected chi connectivity index (χ3v) is 6.50. The number of carbonyl (C=O) groups excluding carboxylic acids is 1. The van der Waals surface area contributed by atoms with Crippen LogP contribution < -0.4 is 9.64 Å². The molecule has 0 bridgehead atoms. The molecule has 0 spiro atoms. The molecule has 2 aromatic carbocycles. The molecule has 0 N–H and O–H groups in total. The van der Waals surface area contributed by atoms with Gasteiger partial charge in [0.1, 0.15) is 5.75 Å². The molecule has 6 heteroatoms. The van der Waals surface area contributed by atoms with E-state index in [2.05, 4.69) is 4.90 Å². The number of aromatic nitrogens is 2. The summed E-state index contributed by atoms with van der Waals surface area (Å²) in [7, 11) is 0. The van der Waals surface area contributed by atoms with Crippen molar-refractivity contribution >= 4 is 11.9 Å². The van der Waals surface area contributed by atoms with E-state index in [9.17, 15) is 4.79 Å². The molecule has 1 saturated heterocycles. The van der Waals surface area contributed by atoms with Gasteiger partial charge in [0.25, 0.3) is 5.91 Å². The van der Waals surface area contributed by atoms with Crippen LogP contribution >= 0.6 is 0 Å². The lowest BCUT2D eigenvalue weighted by atomic mass is 10.0. The Morgan fingerprint density at radius 1 is 0.939 bits per heavy atom. The van der Waals surface area contributed by atoms with E-state index in [1.54, 1.807) is 0 Å². The number of para-hydroxylation sites is 1. The van der Waals surface area contributed by atoms with Crippen LogP contribution in [0.3, 0.4) is 0 Å².